The van der Waals surface area contributed by atoms with Crippen LogP contribution in [0, 0.1) is 0 Å². The third-order valence-electron chi connectivity index (χ3n) is 4.55. The molecule has 1 aliphatic rings. The number of aromatic nitrogens is 2. The minimum Gasteiger partial charge on any atom is -0.339 e. The molecule has 2 N–H and O–H groups in total. The van der Waals surface area contributed by atoms with Gasteiger partial charge in [-0.25, -0.2) is 13.1 Å². The Morgan fingerprint density at radius 3 is 2.72 bits per heavy atom. The van der Waals surface area contributed by atoms with Crippen LogP contribution >= 0.6 is 22.9 Å². The molecule has 0 aliphatic heterocycles. The lowest BCUT2D eigenvalue weighted by Gasteiger charge is -2.20. The molecule has 152 valence electrons. The van der Waals surface area contributed by atoms with Crippen LogP contribution in [0.3, 0.4) is 0 Å². The van der Waals surface area contributed by atoms with Crippen molar-refractivity contribution in [2.24, 2.45) is 0 Å². The minimum absolute atomic E-state index is 0.0711. The molecule has 1 amide bonds. The summed E-state index contributed by atoms with van der Waals surface area (Å²) in [5.74, 6) is 0.777. The quantitative estimate of drug-likeness (QED) is 0.565. The van der Waals surface area contributed by atoms with E-state index in [4.69, 9.17) is 16.1 Å². The van der Waals surface area contributed by atoms with E-state index in [1.165, 1.54) is 6.07 Å². The highest BCUT2D eigenvalue weighted by Gasteiger charge is 2.26. The van der Waals surface area contributed by atoms with Crippen molar-refractivity contribution in [1.82, 2.24) is 14.9 Å². The van der Waals surface area contributed by atoms with E-state index in [9.17, 15) is 13.2 Å². The van der Waals surface area contributed by atoms with Gasteiger partial charge < -0.3 is 9.84 Å². The van der Waals surface area contributed by atoms with Crippen LogP contribution in [0.2, 0.25) is 5.02 Å². The number of rotatable bonds is 7. The molecular weight excluding hydrogens is 436 g/mol. The number of hydrogen-bond acceptors (Lipinski definition) is 7. The first-order valence-corrected chi connectivity index (χ1v) is 11.6. The summed E-state index contributed by atoms with van der Waals surface area (Å²) in [7, 11) is -3.84. The van der Waals surface area contributed by atoms with Gasteiger partial charge in [0.05, 0.1) is 6.54 Å². The molecule has 0 radical (unpaired) electrons. The molecule has 1 aromatic carbocycles. The second-order valence-electron chi connectivity index (χ2n) is 6.62. The smallest absolute Gasteiger partial charge is 0.250 e. The Morgan fingerprint density at radius 2 is 2.03 bits per heavy atom. The van der Waals surface area contributed by atoms with Crippen molar-refractivity contribution >= 4 is 44.6 Å². The van der Waals surface area contributed by atoms with Crippen LogP contribution in [0.4, 0.5) is 5.69 Å². The highest BCUT2D eigenvalue weighted by atomic mass is 35.5. The highest BCUT2D eigenvalue weighted by Crippen LogP contribution is 2.36. The van der Waals surface area contributed by atoms with Gasteiger partial charge >= 0.3 is 0 Å². The minimum atomic E-state index is -3.84. The molecule has 1 saturated carbocycles. The van der Waals surface area contributed by atoms with Crippen molar-refractivity contribution in [1.29, 1.82) is 0 Å². The van der Waals surface area contributed by atoms with Crippen molar-refractivity contribution in [2.75, 3.05) is 11.9 Å². The number of carbonyl (C=O) groups is 1. The summed E-state index contributed by atoms with van der Waals surface area (Å²) in [5.41, 5.74) is 1.09. The SMILES string of the molecule is O=C(CNS(=O)(=O)c1cc(-c2noc(C3CCC3)n2)cs1)Nc1ccc(Cl)cc1. The average molecular weight is 453 g/mol. The van der Waals surface area contributed by atoms with Crippen LogP contribution < -0.4 is 10.0 Å². The number of halogens is 1. The lowest BCUT2D eigenvalue weighted by Crippen LogP contribution is -2.32. The van der Waals surface area contributed by atoms with Crippen molar-refractivity contribution in [2.45, 2.75) is 29.4 Å². The Balaban J connectivity index is 1.38. The zero-order chi connectivity index (χ0) is 20.4. The van der Waals surface area contributed by atoms with E-state index in [2.05, 4.69) is 20.2 Å². The van der Waals surface area contributed by atoms with Crippen LogP contribution in [0.5, 0.6) is 0 Å². The lowest BCUT2D eigenvalue weighted by atomic mass is 9.85. The Labute approximate surface area is 176 Å². The van der Waals surface area contributed by atoms with Gasteiger partial charge in [-0.05, 0) is 43.2 Å². The monoisotopic (exact) mass is 452 g/mol. The van der Waals surface area contributed by atoms with Gasteiger partial charge in [0.25, 0.3) is 10.0 Å². The van der Waals surface area contributed by atoms with Crippen molar-refractivity contribution < 1.29 is 17.7 Å². The maximum Gasteiger partial charge on any atom is 0.250 e. The zero-order valence-electron chi connectivity index (χ0n) is 15.1. The number of thiophene rings is 1. The number of nitrogens with one attached hydrogen (secondary N) is 2. The number of anilines is 1. The molecule has 0 spiro atoms. The number of amides is 1. The van der Waals surface area contributed by atoms with Gasteiger partial charge in [0, 0.05) is 27.6 Å². The van der Waals surface area contributed by atoms with Gasteiger partial charge in [-0.2, -0.15) is 4.98 Å². The average Bonchev–Trinajstić information content (AvgIpc) is 3.30. The summed E-state index contributed by atoms with van der Waals surface area (Å²) in [6.07, 6.45) is 3.22. The van der Waals surface area contributed by atoms with E-state index in [-0.39, 0.29) is 4.21 Å². The highest BCUT2D eigenvalue weighted by molar-refractivity contribution is 7.91. The first-order chi connectivity index (χ1) is 13.9. The molecule has 1 aliphatic carbocycles. The summed E-state index contributed by atoms with van der Waals surface area (Å²) in [5, 5.41) is 8.73. The van der Waals surface area contributed by atoms with Gasteiger partial charge in [-0.3, -0.25) is 4.79 Å². The Hall–Kier alpha value is -2.27. The molecule has 4 rings (SSSR count). The zero-order valence-corrected chi connectivity index (χ0v) is 17.5. The molecule has 11 heteroatoms. The molecule has 0 saturated heterocycles. The van der Waals surface area contributed by atoms with Crippen molar-refractivity contribution in [3.8, 4) is 11.4 Å². The van der Waals surface area contributed by atoms with Crippen molar-refractivity contribution in [3.05, 3.63) is 46.6 Å². The number of carbonyl (C=O) groups excluding carboxylic acids is 1. The van der Waals surface area contributed by atoms with E-state index >= 15 is 0 Å². The molecular formula is C18H17ClN4O4S2. The first kappa shape index (κ1) is 20.0. The molecule has 3 aromatic rings. The summed E-state index contributed by atoms with van der Waals surface area (Å²) in [6, 6.07) is 7.98. The van der Waals surface area contributed by atoms with E-state index in [1.54, 1.807) is 29.6 Å². The Kier molecular flexibility index (Phi) is 5.68. The Morgan fingerprint density at radius 1 is 1.28 bits per heavy atom. The molecule has 0 atom stereocenters. The number of nitrogens with zero attached hydrogens (tertiary/aromatic N) is 2. The second-order valence-corrected chi connectivity index (χ2v) is 9.96. The molecule has 2 aromatic heterocycles. The summed E-state index contributed by atoms with van der Waals surface area (Å²) in [4.78, 5) is 16.4. The molecule has 1 fully saturated rings. The van der Waals surface area contributed by atoms with Gasteiger partial charge in [-0.1, -0.05) is 23.2 Å². The number of hydrogen-bond donors (Lipinski definition) is 2. The summed E-state index contributed by atoms with van der Waals surface area (Å²) in [6.45, 7) is -0.397. The molecule has 29 heavy (non-hydrogen) atoms. The molecule has 2 heterocycles. The van der Waals surface area contributed by atoms with Gasteiger partial charge in [0.1, 0.15) is 4.21 Å². The fraction of sp³-hybridized carbons (Fsp3) is 0.278. The van der Waals surface area contributed by atoms with Crippen LogP contribution in [0.15, 0.2) is 44.4 Å². The number of sulfonamides is 1. The van der Waals surface area contributed by atoms with E-state index in [0.717, 1.165) is 30.6 Å². The third-order valence-corrected chi connectivity index (χ3v) is 7.64. The van der Waals surface area contributed by atoms with Crippen LogP contribution in [0.1, 0.15) is 31.1 Å². The van der Waals surface area contributed by atoms with Gasteiger partial charge in [-0.15, -0.1) is 11.3 Å². The normalized spacial score (nSPS) is 14.5. The predicted octanol–water partition coefficient (Wildman–Crippen LogP) is 3.64. The van der Waals surface area contributed by atoms with Crippen molar-refractivity contribution in [3.63, 3.8) is 0 Å². The first-order valence-electron chi connectivity index (χ1n) is 8.88. The molecule has 8 nitrogen and oxygen atoms in total. The summed E-state index contributed by atoms with van der Waals surface area (Å²) >= 11 is 6.82. The van der Waals surface area contributed by atoms with E-state index in [1.807, 2.05) is 0 Å². The molecule has 0 unspecified atom stereocenters. The maximum atomic E-state index is 12.5. The van der Waals surface area contributed by atoms with Crippen LogP contribution in [-0.4, -0.2) is 31.0 Å². The summed E-state index contributed by atoms with van der Waals surface area (Å²) < 4.78 is 32.6. The van der Waals surface area contributed by atoms with E-state index in [0.29, 0.717) is 33.9 Å². The van der Waals surface area contributed by atoms with E-state index < -0.39 is 22.5 Å². The Bertz CT molecular complexity index is 1120. The fourth-order valence-electron chi connectivity index (χ4n) is 2.72. The lowest BCUT2D eigenvalue weighted by molar-refractivity contribution is -0.115. The topological polar surface area (TPSA) is 114 Å². The predicted molar refractivity (Wildman–Crippen MR) is 109 cm³/mol. The number of benzene rings is 1. The van der Waals surface area contributed by atoms with Crippen LogP contribution in [0.25, 0.3) is 11.4 Å². The maximum absolute atomic E-state index is 12.5. The second kappa shape index (κ2) is 8.23. The fourth-order valence-corrected chi connectivity index (χ4v) is 5.03. The third kappa shape index (κ3) is 4.67. The largest absolute Gasteiger partial charge is 0.339 e. The standard InChI is InChI=1S/C18H17ClN4O4S2/c19-13-4-6-14(7-5-13)21-15(24)9-20-29(25,26)16-8-12(10-28-16)17-22-18(27-23-17)11-2-1-3-11/h4-8,10-11,20H,1-3,9H2,(H,21,24). The molecule has 0 bridgehead atoms. The van der Waals surface area contributed by atoms with Crippen LogP contribution in [-0.2, 0) is 14.8 Å². The van der Waals surface area contributed by atoms with Gasteiger partial charge in [0.15, 0.2) is 0 Å². The van der Waals surface area contributed by atoms with Gasteiger partial charge in [0.2, 0.25) is 17.6 Å².